The second-order valence-corrected chi connectivity index (χ2v) is 4.43. The van der Waals surface area contributed by atoms with Crippen molar-refractivity contribution in [2.45, 2.75) is 12.8 Å². The van der Waals surface area contributed by atoms with Crippen molar-refractivity contribution in [3.63, 3.8) is 0 Å². The molecule has 0 saturated heterocycles. The Morgan fingerprint density at radius 3 is 2.35 bits per heavy atom. The number of benzene rings is 2. The first kappa shape index (κ1) is 12.7. The SMILES string of the molecule is FC(F)(F)Oc1ccc(-c2ccc3c(c2)CC=N3)cc1. The summed E-state index contributed by atoms with van der Waals surface area (Å²) in [5.41, 5.74) is 3.87. The van der Waals surface area contributed by atoms with Gasteiger partial charge in [0.25, 0.3) is 0 Å². The summed E-state index contributed by atoms with van der Waals surface area (Å²) in [6, 6.07) is 11.7. The van der Waals surface area contributed by atoms with E-state index in [4.69, 9.17) is 0 Å². The molecule has 20 heavy (non-hydrogen) atoms. The van der Waals surface area contributed by atoms with Gasteiger partial charge in [0, 0.05) is 12.6 Å². The molecule has 5 heteroatoms. The molecule has 0 spiro atoms. The molecular weight excluding hydrogens is 267 g/mol. The molecule has 0 radical (unpaired) electrons. The van der Waals surface area contributed by atoms with E-state index in [1.54, 1.807) is 12.1 Å². The predicted molar refractivity (Wildman–Crippen MR) is 70.4 cm³/mol. The molecule has 2 aromatic rings. The first-order valence-corrected chi connectivity index (χ1v) is 6.03. The van der Waals surface area contributed by atoms with Gasteiger partial charge in [0.2, 0.25) is 0 Å². The average molecular weight is 277 g/mol. The van der Waals surface area contributed by atoms with Crippen LogP contribution in [0.1, 0.15) is 5.56 Å². The zero-order valence-corrected chi connectivity index (χ0v) is 10.3. The highest BCUT2D eigenvalue weighted by molar-refractivity contribution is 5.79. The Morgan fingerprint density at radius 1 is 0.950 bits per heavy atom. The van der Waals surface area contributed by atoms with E-state index in [1.165, 1.54) is 12.1 Å². The molecule has 0 aromatic heterocycles. The summed E-state index contributed by atoms with van der Waals surface area (Å²) in [4.78, 5) is 4.22. The monoisotopic (exact) mass is 277 g/mol. The third-order valence-electron chi connectivity index (χ3n) is 3.04. The number of alkyl halides is 3. The molecule has 1 aliphatic heterocycles. The summed E-state index contributed by atoms with van der Waals surface area (Å²) >= 11 is 0. The standard InChI is InChI=1S/C15H10F3NO/c16-15(17,18)20-13-4-1-10(2-5-13)11-3-6-14-12(9-11)7-8-19-14/h1-6,8-9H,7H2. The van der Waals surface area contributed by atoms with E-state index >= 15 is 0 Å². The van der Waals surface area contributed by atoms with Gasteiger partial charge < -0.3 is 4.74 Å². The molecule has 0 saturated carbocycles. The van der Waals surface area contributed by atoms with Gasteiger partial charge >= 0.3 is 6.36 Å². The number of aliphatic imine (C=N–C) groups is 1. The van der Waals surface area contributed by atoms with Crippen molar-refractivity contribution < 1.29 is 17.9 Å². The van der Waals surface area contributed by atoms with Crippen LogP contribution in [0.2, 0.25) is 0 Å². The molecule has 0 unspecified atom stereocenters. The molecule has 2 nitrogen and oxygen atoms in total. The van der Waals surface area contributed by atoms with Crippen molar-refractivity contribution in [3.8, 4) is 16.9 Å². The minimum Gasteiger partial charge on any atom is -0.406 e. The van der Waals surface area contributed by atoms with Crippen molar-refractivity contribution in [1.82, 2.24) is 0 Å². The van der Waals surface area contributed by atoms with E-state index < -0.39 is 6.36 Å². The van der Waals surface area contributed by atoms with Crippen molar-refractivity contribution in [2.24, 2.45) is 4.99 Å². The highest BCUT2D eigenvalue weighted by Crippen LogP contribution is 2.31. The van der Waals surface area contributed by atoms with Crippen LogP contribution < -0.4 is 4.74 Å². The maximum absolute atomic E-state index is 12.1. The summed E-state index contributed by atoms with van der Waals surface area (Å²) in [5, 5.41) is 0. The Labute approximate surface area is 113 Å². The normalized spacial score (nSPS) is 13.3. The zero-order chi connectivity index (χ0) is 14.2. The Balaban J connectivity index is 1.85. The van der Waals surface area contributed by atoms with Crippen LogP contribution in [0.5, 0.6) is 5.75 Å². The van der Waals surface area contributed by atoms with Crippen LogP contribution >= 0.6 is 0 Å². The zero-order valence-electron chi connectivity index (χ0n) is 10.3. The van der Waals surface area contributed by atoms with Gasteiger partial charge in [-0.3, -0.25) is 4.99 Å². The van der Waals surface area contributed by atoms with Gasteiger partial charge in [-0.1, -0.05) is 18.2 Å². The highest BCUT2D eigenvalue weighted by atomic mass is 19.4. The van der Waals surface area contributed by atoms with E-state index in [1.807, 2.05) is 24.4 Å². The van der Waals surface area contributed by atoms with E-state index in [9.17, 15) is 13.2 Å². The fourth-order valence-electron chi connectivity index (χ4n) is 2.15. The minimum atomic E-state index is -4.66. The number of halogens is 3. The Kier molecular flexibility index (Phi) is 2.97. The van der Waals surface area contributed by atoms with Gasteiger partial charge in [0.15, 0.2) is 0 Å². The Morgan fingerprint density at radius 2 is 1.65 bits per heavy atom. The molecular formula is C15H10F3NO. The lowest BCUT2D eigenvalue weighted by molar-refractivity contribution is -0.274. The minimum absolute atomic E-state index is 0.217. The molecule has 102 valence electrons. The maximum Gasteiger partial charge on any atom is 0.573 e. The van der Waals surface area contributed by atoms with Crippen LogP contribution in [-0.4, -0.2) is 12.6 Å². The van der Waals surface area contributed by atoms with Gasteiger partial charge in [-0.05, 0) is 41.0 Å². The lowest BCUT2D eigenvalue weighted by atomic mass is 10.0. The van der Waals surface area contributed by atoms with Crippen LogP contribution in [0.15, 0.2) is 47.5 Å². The fourth-order valence-corrected chi connectivity index (χ4v) is 2.15. The third-order valence-corrected chi connectivity index (χ3v) is 3.04. The largest absolute Gasteiger partial charge is 0.573 e. The molecule has 0 aliphatic carbocycles. The number of fused-ring (bicyclic) bond motifs is 1. The smallest absolute Gasteiger partial charge is 0.406 e. The second-order valence-electron chi connectivity index (χ2n) is 4.43. The summed E-state index contributed by atoms with van der Waals surface area (Å²) in [6.45, 7) is 0. The number of ether oxygens (including phenoxy) is 1. The third kappa shape index (κ3) is 2.66. The highest BCUT2D eigenvalue weighted by Gasteiger charge is 2.30. The molecule has 1 heterocycles. The van der Waals surface area contributed by atoms with Crippen LogP contribution in [0.3, 0.4) is 0 Å². The van der Waals surface area contributed by atoms with Gasteiger partial charge in [-0.25, -0.2) is 0 Å². The Hall–Kier alpha value is -2.30. The molecule has 1 aliphatic rings. The number of hydrogen-bond donors (Lipinski definition) is 0. The fraction of sp³-hybridized carbons (Fsp3) is 0.133. The summed E-state index contributed by atoms with van der Waals surface area (Å²) in [6.07, 6.45) is -2.03. The van der Waals surface area contributed by atoms with Crippen molar-refractivity contribution in [2.75, 3.05) is 0 Å². The molecule has 2 aromatic carbocycles. The van der Waals surface area contributed by atoms with Gasteiger partial charge in [0.1, 0.15) is 5.75 Å². The van der Waals surface area contributed by atoms with E-state index in [0.717, 1.165) is 28.8 Å². The molecule has 0 N–H and O–H groups in total. The lowest BCUT2D eigenvalue weighted by Gasteiger charge is -2.09. The van der Waals surface area contributed by atoms with E-state index in [-0.39, 0.29) is 5.75 Å². The van der Waals surface area contributed by atoms with Crippen LogP contribution in [0, 0.1) is 0 Å². The topological polar surface area (TPSA) is 21.6 Å². The average Bonchev–Trinajstić information content (AvgIpc) is 2.85. The summed E-state index contributed by atoms with van der Waals surface area (Å²) in [7, 11) is 0. The first-order valence-electron chi connectivity index (χ1n) is 6.03. The molecule has 0 bridgehead atoms. The number of rotatable bonds is 2. The van der Waals surface area contributed by atoms with Crippen molar-refractivity contribution in [1.29, 1.82) is 0 Å². The number of hydrogen-bond acceptors (Lipinski definition) is 2. The second kappa shape index (κ2) is 4.67. The molecule has 0 fully saturated rings. The summed E-state index contributed by atoms with van der Waals surface area (Å²) < 4.78 is 40.1. The molecule has 0 amide bonds. The van der Waals surface area contributed by atoms with Crippen LogP contribution in [0.4, 0.5) is 18.9 Å². The van der Waals surface area contributed by atoms with Crippen molar-refractivity contribution in [3.05, 3.63) is 48.0 Å². The lowest BCUT2D eigenvalue weighted by Crippen LogP contribution is -2.16. The molecule has 0 atom stereocenters. The Bertz CT molecular complexity index is 660. The summed E-state index contributed by atoms with van der Waals surface area (Å²) in [5.74, 6) is -0.217. The maximum atomic E-state index is 12.1. The predicted octanol–water partition coefficient (Wildman–Crippen LogP) is 4.51. The number of nitrogens with zero attached hydrogens (tertiary/aromatic N) is 1. The van der Waals surface area contributed by atoms with E-state index in [2.05, 4.69) is 9.73 Å². The van der Waals surface area contributed by atoms with Crippen LogP contribution in [0.25, 0.3) is 11.1 Å². The van der Waals surface area contributed by atoms with Crippen molar-refractivity contribution >= 4 is 11.9 Å². The van der Waals surface area contributed by atoms with Gasteiger partial charge in [0.05, 0.1) is 5.69 Å². The van der Waals surface area contributed by atoms with Gasteiger partial charge in [-0.15, -0.1) is 13.2 Å². The molecule has 3 rings (SSSR count). The van der Waals surface area contributed by atoms with Gasteiger partial charge in [-0.2, -0.15) is 0 Å². The van der Waals surface area contributed by atoms with Crippen LogP contribution in [-0.2, 0) is 6.42 Å². The first-order chi connectivity index (χ1) is 9.51. The quantitative estimate of drug-likeness (QED) is 0.791. The van der Waals surface area contributed by atoms with E-state index in [0.29, 0.717) is 0 Å².